The number of halogens is 3. The second kappa shape index (κ2) is 11.2. The average Bonchev–Trinajstić information content (AvgIpc) is 2.39. The summed E-state index contributed by atoms with van der Waals surface area (Å²) in [6.07, 6.45) is 11.4. The van der Waals surface area contributed by atoms with E-state index in [1.54, 1.807) is 0 Å². The Kier molecular flexibility index (Phi) is 12.2. The number of hydrogen-bond donors (Lipinski definition) is 2. The van der Waals surface area contributed by atoms with Crippen LogP contribution in [-0.4, -0.2) is 24.0 Å². The number of hydrogen-bond acceptors (Lipinski definition) is 3. The summed E-state index contributed by atoms with van der Waals surface area (Å²) in [5.74, 6) is 0. The monoisotopic (exact) mass is 349 g/mol. The molecule has 0 amide bonds. The Labute approximate surface area is 132 Å². The predicted octanol–water partition coefficient (Wildman–Crippen LogP) is 4.65. The maximum atomic E-state index is 10.7. The predicted molar refractivity (Wildman–Crippen MR) is 83.1 cm³/mol. The minimum atomic E-state index is -5.84. The summed E-state index contributed by atoms with van der Waals surface area (Å²) in [5.41, 5.74) is 1.08. The van der Waals surface area contributed by atoms with Gasteiger partial charge >= 0.3 is 15.6 Å². The molecule has 0 fully saturated rings. The Morgan fingerprint density at radius 2 is 1.09 bits per heavy atom. The van der Waals surface area contributed by atoms with Crippen LogP contribution in [0.1, 0.15) is 78.6 Å². The fraction of sp³-hybridized carbons (Fsp3) is 1.00. The molecule has 0 atom stereocenters. The second-order valence-electron chi connectivity index (χ2n) is 5.59. The van der Waals surface area contributed by atoms with Crippen LogP contribution in [0.4, 0.5) is 13.2 Å². The summed E-state index contributed by atoms with van der Waals surface area (Å²) in [6, 6.07) is 0. The average molecular weight is 349 g/mol. The third-order valence-electron chi connectivity index (χ3n) is 3.38. The van der Waals surface area contributed by atoms with Gasteiger partial charge < -0.3 is 5.73 Å². The minimum absolute atomic E-state index is 0.155. The second-order valence-corrected chi connectivity index (χ2v) is 7.01. The van der Waals surface area contributed by atoms with E-state index >= 15 is 0 Å². The molecule has 0 rings (SSSR count). The fourth-order valence-corrected chi connectivity index (χ4v) is 1.96. The molecule has 0 unspecified atom stereocenters. The molecular weight excluding hydrogens is 319 g/mol. The minimum Gasteiger partial charge on any atom is -0.325 e. The van der Waals surface area contributed by atoms with Crippen LogP contribution in [0.5, 0.6) is 0 Å². The van der Waals surface area contributed by atoms with Gasteiger partial charge in [0.15, 0.2) is 0 Å². The lowest BCUT2D eigenvalue weighted by atomic mass is 9.84. The van der Waals surface area contributed by atoms with Gasteiger partial charge in [0, 0.05) is 5.54 Å². The maximum absolute atomic E-state index is 10.7. The van der Waals surface area contributed by atoms with Crippen molar-refractivity contribution in [3.8, 4) is 0 Å². The first-order valence-corrected chi connectivity index (χ1v) is 9.20. The molecule has 3 N–H and O–H groups in total. The maximum Gasteiger partial charge on any atom is 0.522 e. The third-order valence-corrected chi connectivity index (χ3v) is 3.96. The van der Waals surface area contributed by atoms with Gasteiger partial charge in [0.05, 0.1) is 0 Å². The molecule has 0 heterocycles. The van der Waals surface area contributed by atoms with Crippen molar-refractivity contribution in [3.63, 3.8) is 0 Å². The Hall–Kier alpha value is -0.340. The summed E-state index contributed by atoms with van der Waals surface area (Å²) in [5, 5.41) is 0. The zero-order valence-electron chi connectivity index (χ0n) is 13.7. The molecule has 4 nitrogen and oxygen atoms in total. The Balaban J connectivity index is 0. The van der Waals surface area contributed by atoms with Crippen molar-refractivity contribution in [2.45, 2.75) is 89.6 Å². The SMILES string of the molecule is CCCCC(N)(CCCC)CCCC.O=S(=O)(O)C(F)(F)F. The molecule has 0 aromatic carbocycles. The summed E-state index contributed by atoms with van der Waals surface area (Å²) in [6.45, 7) is 6.75. The zero-order valence-corrected chi connectivity index (χ0v) is 14.6. The molecule has 0 aliphatic heterocycles. The zero-order chi connectivity index (χ0) is 17.9. The molecule has 0 aromatic heterocycles. The van der Waals surface area contributed by atoms with E-state index in [0.29, 0.717) is 0 Å². The van der Waals surface area contributed by atoms with E-state index in [1.165, 1.54) is 57.8 Å². The first kappa shape index (κ1) is 23.9. The van der Waals surface area contributed by atoms with E-state index in [-0.39, 0.29) is 5.54 Å². The molecule has 0 bridgehead atoms. The highest BCUT2D eigenvalue weighted by Crippen LogP contribution is 2.24. The van der Waals surface area contributed by atoms with Gasteiger partial charge in [-0.3, -0.25) is 4.55 Å². The first-order chi connectivity index (χ1) is 9.93. The van der Waals surface area contributed by atoms with Crippen molar-refractivity contribution in [1.29, 1.82) is 0 Å². The molecular formula is C14H30F3NO3S. The third kappa shape index (κ3) is 12.2. The highest BCUT2D eigenvalue weighted by atomic mass is 32.2. The largest absolute Gasteiger partial charge is 0.522 e. The van der Waals surface area contributed by atoms with Crippen LogP contribution in [0, 0.1) is 0 Å². The van der Waals surface area contributed by atoms with Crippen molar-refractivity contribution in [2.24, 2.45) is 5.73 Å². The molecule has 0 saturated carbocycles. The van der Waals surface area contributed by atoms with Crippen molar-refractivity contribution >= 4 is 10.1 Å². The van der Waals surface area contributed by atoms with Crippen LogP contribution in [0.2, 0.25) is 0 Å². The topological polar surface area (TPSA) is 80.4 Å². The van der Waals surface area contributed by atoms with Gasteiger partial charge in [-0.05, 0) is 19.3 Å². The van der Waals surface area contributed by atoms with E-state index in [0.717, 1.165) is 0 Å². The molecule has 0 radical (unpaired) electrons. The lowest BCUT2D eigenvalue weighted by Crippen LogP contribution is -2.39. The van der Waals surface area contributed by atoms with Gasteiger partial charge in [-0.1, -0.05) is 59.3 Å². The Morgan fingerprint density at radius 3 is 1.23 bits per heavy atom. The summed E-state index contributed by atoms with van der Waals surface area (Å²) >= 11 is 0. The summed E-state index contributed by atoms with van der Waals surface area (Å²) in [4.78, 5) is 0. The number of alkyl halides is 3. The Morgan fingerprint density at radius 1 is 0.864 bits per heavy atom. The normalized spacial score (nSPS) is 12.7. The molecule has 8 heteroatoms. The van der Waals surface area contributed by atoms with Gasteiger partial charge in [0.25, 0.3) is 0 Å². The van der Waals surface area contributed by atoms with Crippen molar-refractivity contribution in [2.75, 3.05) is 0 Å². The van der Waals surface area contributed by atoms with Gasteiger partial charge in [-0.2, -0.15) is 21.6 Å². The van der Waals surface area contributed by atoms with Crippen LogP contribution in [0.15, 0.2) is 0 Å². The number of unbranched alkanes of at least 4 members (excludes halogenated alkanes) is 3. The highest BCUT2D eigenvalue weighted by Gasteiger charge is 2.44. The molecule has 0 spiro atoms. The summed E-state index contributed by atoms with van der Waals surface area (Å²) in [7, 11) is -5.84. The van der Waals surface area contributed by atoms with Gasteiger partial charge in [0.1, 0.15) is 0 Å². The van der Waals surface area contributed by atoms with Crippen molar-refractivity contribution in [1.82, 2.24) is 0 Å². The van der Waals surface area contributed by atoms with Crippen LogP contribution in [-0.2, 0) is 10.1 Å². The summed E-state index contributed by atoms with van der Waals surface area (Å²) < 4.78 is 57.5. The van der Waals surface area contributed by atoms with E-state index < -0.39 is 15.6 Å². The van der Waals surface area contributed by atoms with Crippen molar-refractivity contribution in [3.05, 3.63) is 0 Å². The number of rotatable bonds is 9. The molecule has 0 aromatic rings. The Bertz CT molecular complexity index is 348. The van der Waals surface area contributed by atoms with E-state index in [4.69, 9.17) is 18.7 Å². The molecule has 0 saturated heterocycles. The van der Waals surface area contributed by atoms with Crippen LogP contribution in [0.3, 0.4) is 0 Å². The standard InChI is InChI=1S/C13H29N.CHF3O3S/c1-4-7-10-13(14,11-8-5-2)12-9-6-3;2-1(3,4)8(5,6)7/h4-12,14H2,1-3H3;(H,5,6,7). The molecule has 22 heavy (non-hydrogen) atoms. The van der Waals surface area contributed by atoms with Crippen LogP contribution < -0.4 is 5.73 Å². The lowest BCUT2D eigenvalue weighted by Gasteiger charge is -2.29. The smallest absolute Gasteiger partial charge is 0.325 e. The quantitative estimate of drug-likeness (QED) is 0.469. The first-order valence-electron chi connectivity index (χ1n) is 7.76. The molecule has 136 valence electrons. The number of nitrogens with two attached hydrogens (primary N) is 1. The van der Waals surface area contributed by atoms with E-state index in [9.17, 15) is 13.2 Å². The molecule has 0 aliphatic carbocycles. The van der Waals surface area contributed by atoms with E-state index in [1.807, 2.05) is 0 Å². The van der Waals surface area contributed by atoms with Crippen LogP contribution >= 0.6 is 0 Å². The van der Waals surface area contributed by atoms with Gasteiger partial charge in [-0.15, -0.1) is 0 Å². The lowest BCUT2D eigenvalue weighted by molar-refractivity contribution is -0.0510. The van der Waals surface area contributed by atoms with Gasteiger partial charge in [-0.25, -0.2) is 0 Å². The molecule has 0 aliphatic rings. The van der Waals surface area contributed by atoms with E-state index in [2.05, 4.69) is 20.8 Å². The van der Waals surface area contributed by atoms with Crippen molar-refractivity contribution < 1.29 is 26.1 Å². The fourth-order valence-electron chi connectivity index (χ4n) is 1.96. The van der Waals surface area contributed by atoms with Crippen LogP contribution in [0.25, 0.3) is 0 Å². The highest BCUT2D eigenvalue weighted by molar-refractivity contribution is 7.86. The van der Waals surface area contributed by atoms with Gasteiger partial charge in [0.2, 0.25) is 0 Å².